The molecule has 0 bridgehead atoms. The monoisotopic (exact) mass is 365 g/mol. The molecule has 2 aromatic carbocycles. The van der Waals surface area contributed by atoms with Crippen LogP contribution in [0.25, 0.3) is 11.1 Å². The molecule has 2 heterocycles. The van der Waals surface area contributed by atoms with Crippen LogP contribution in [0.4, 0.5) is 11.4 Å². The van der Waals surface area contributed by atoms with Crippen molar-refractivity contribution in [2.75, 3.05) is 4.90 Å². The minimum atomic E-state index is 0.100. The molecule has 0 aliphatic rings. The molecule has 0 fully saturated rings. The van der Waals surface area contributed by atoms with Crippen LogP contribution in [0.3, 0.4) is 0 Å². The number of aryl methyl sites for hydroxylation is 1. The Labute approximate surface area is 166 Å². The second-order valence-corrected chi connectivity index (χ2v) is 6.93. The summed E-state index contributed by atoms with van der Waals surface area (Å²) < 4.78 is 0. The van der Waals surface area contributed by atoms with Crippen molar-refractivity contribution in [2.24, 2.45) is 0 Å². The van der Waals surface area contributed by atoms with E-state index < -0.39 is 0 Å². The number of nitrogens with zero attached hydrogens (tertiary/aromatic N) is 3. The van der Waals surface area contributed by atoms with Crippen LogP contribution in [0, 0.1) is 6.92 Å². The Morgan fingerprint density at radius 3 is 1.96 bits per heavy atom. The lowest BCUT2D eigenvalue weighted by molar-refractivity contribution is 0.771. The minimum absolute atomic E-state index is 0.100. The molecule has 4 rings (SSSR count). The van der Waals surface area contributed by atoms with Gasteiger partial charge >= 0.3 is 0 Å². The molecule has 0 radical (unpaired) electrons. The first-order chi connectivity index (χ1) is 13.7. The van der Waals surface area contributed by atoms with Crippen molar-refractivity contribution >= 4 is 11.4 Å². The van der Waals surface area contributed by atoms with Gasteiger partial charge in [-0.15, -0.1) is 0 Å². The van der Waals surface area contributed by atoms with Crippen molar-refractivity contribution in [2.45, 2.75) is 19.9 Å². The van der Waals surface area contributed by atoms with Gasteiger partial charge in [0, 0.05) is 12.4 Å². The van der Waals surface area contributed by atoms with E-state index >= 15 is 0 Å². The summed E-state index contributed by atoms with van der Waals surface area (Å²) in [5.41, 5.74) is 7.09. The van der Waals surface area contributed by atoms with E-state index in [9.17, 15) is 0 Å². The van der Waals surface area contributed by atoms with Gasteiger partial charge in [-0.05, 0) is 54.8 Å². The van der Waals surface area contributed by atoms with Crippen molar-refractivity contribution < 1.29 is 0 Å². The fourth-order valence-corrected chi connectivity index (χ4v) is 3.64. The lowest BCUT2D eigenvalue weighted by Crippen LogP contribution is -2.22. The predicted octanol–water partition coefficient (Wildman–Crippen LogP) is 6.35. The highest BCUT2D eigenvalue weighted by Crippen LogP contribution is 2.38. The number of benzene rings is 2. The van der Waals surface area contributed by atoms with Gasteiger partial charge in [0.25, 0.3) is 0 Å². The second kappa shape index (κ2) is 8.05. The van der Waals surface area contributed by atoms with E-state index in [0.717, 1.165) is 11.4 Å². The molecule has 0 saturated carbocycles. The topological polar surface area (TPSA) is 29.0 Å². The molecule has 0 amide bonds. The van der Waals surface area contributed by atoms with E-state index in [1.807, 2.05) is 24.5 Å². The van der Waals surface area contributed by atoms with Gasteiger partial charge in [0.15, 0.2) is 0 Å². The smallest absolute Gasteiger partial charge is 0.0603 e. The summed E-state index contributed by atoms with van der Waals surface area (Å²) in [6.07, 6.45) is 7.41. The molecule has 0 aliphatic carbocycles. The second-order valence-electron chi connectivity index (χ2n) is 6.93. The Morgan fingerprint density at radius 2 is 1.39 bits per heavy atom. The molecule has 4 aromatic rings. The third kappa shape index (κ3) is 3.65. The van der Waals surface area contributed by atoms with Crippen LogP contribution in [0.15, 0.2) is 97.6 Å². The highest BCUT2D eigenvalue weighted by atomic mass is 15.2. The number of hydrogen-bond donors (Lipinski definition) is 0. The summed E-state index contributed by atoms with van der Waals surface area (Å²) in [4.78, 5) is 11.0. The summed E-state index contributed by atoms with van der Waals surface area (Å²) in [5, 5.41) is 0. The van der Waals surface area contributed by atoms with Gasteiger partial charge < -0.3 is 4.90 Å². The summed E-state index contributed by atoms with van der Waals surface area (Å²) >= 11 is 0. The Kier molecular flexibility index (Phi) is 5.16. The molecular weight excluding hydrogens is 342 g/mol. The Hall–Kier alpha value is -3.46. The number of pyridine rings is 2. The number of hydrogen-bond acceptors (Lipinski definition) is 3. The zero-order valence-corrected chi connectivity index (χ0v) is 16.2. The zero-order chi connectivity index (χ0) is 19.3. The van der Waals surface area contributed by atoms with Crippen LogP contribution in [0.1, 0.15) is 24.1 Å². The SMILES string of the molecule is Cc1ccc(-c2ccccc2)c(C(C)N(c2cccnc2)c2cccnc2)c1. The van der Waals surface area contributed by atoms with Crippen LogP contribution >= 0.6 is 0 Å². The van der Waals surface area contributed by atoms with E-state index in [1.165, 1.54) is 22.3 Å². The van der Waals surface area contributed by atoms with Gasteiger partial charge in [-0.2, -0.15) is 0 Å². The lowest BCUT2D eigenvalue weighted by Gasteiger charge is -2.32. The molecule has 0 spiro atoms. The standard InChI is InChI=1S/C25H23N3/c1-19-12-13-24(21-8-4-3-5-9-21)25(16-19)20(2)28(22-10-6-14-26-17-22)23-11-7-15-27-18-23/h3-18,20H,1-2H3. The maximum Gasteiger partial charge on any atom is 0.0603 e. The van der Waals surface area contributed by atoms with Crippen LogP contribution in [0.5, 0.6) is 0 Å². The van der Waals surface area contributed by atoms with E-state index in [2.05, 4.69) is 89.4 Å². The quantitative estimate of drug-likeness (QED) is 0.412. The van der Waals surface area contributed by atoms with E-state index in [4.69, 9.17) is 0 Å². The minimum Gasteiger partial charge on any atom is -0.332 e. The average Bonchev–Trinajstić information content (AvgIpc) is 2.76. The summed E-state index contributed by atoms with van der Waals surface area (Å²) in [6.45, 7) is 4.38. The van der Waals surface area contributed by atoms with Crippen molar-refractivity contribution in [1.29, 1.82) is 0 Å². The number of rotatable bonds is 5. The number of anilines is 2. The fraction of sp³-hybridized carbons (Fsp3) is 0.120. The van der Waals surface area contributed by atoms with Crippen molar-refractivity contribution in [3.8, 4) is 11.1 Å². The largest absolute Gasteiger partial charge is 0.332 e. The Bertz CT molecular complexity index is 992. The predicted molar refractivity (Wildman–Crippen MR) is 116 cm³/mol. The first-order valence-electron chi connectivity index (χ1n) is 9.49. The summed E-state index contributed by atoms with van der Waals surface area (Å²) in [5.74, 6) is 0. The average molecular weight is 365 g/mol. The van der Waals surface area contributed by atoms with E-state index in [1.54, 1.807) is 12.4 Å². The van der Waals surface area contributed by atoms with E-state index in [-0.39, 0.29) is 6.04 Å². The van der Waals surface area contributed by atoms with Crippen LogP contribution in [-0.2, 0) is 0 Å². The van der Waals surface area contributed by atoms with Gasteiger partial charge in [0.1, 0.15) is 0 Å². The van der Waals surface area contributed by atoms with Gasteiger partial charge in [-0.25, -0.2) is 0 Å². The molecule has 0 aliphatic heterocycles. The van der Waals surface area contributed by atoms with Gasteiger partial charge in [-0.1, -0.05) is 54.1 Å². The normalized spacial score (nSPS) is 11.8. The molecule has 2 aromatic heterocycles. The highest BCUT2D eigenvalue weighted by Gasteiger charge is 2.22. The molecule has 138 valence electrons. The molecule has 3 heteroatoms. The Morgan fingerprint density at radius 1 is 0.750 bits per heavy atom. The van der Waals surface area contributed by atoms with Gasteiger partial charge in [-0.3, -0.25) is 9.97 Å². The molecule has 1 unspecified atom stereocenters. The summed E-state index contributed by atoms with van der Waals surface area (Å²) in [6, 6.07) is 25.5. The van der Waals surface area contributed by atoms with Crippen LogP contribution < -0.4 is 4.90 Å². The Balaban J connectivity index is 1.86. The van der Waals surface area contributed by atoms with Crippen LogP contribution in [0.2, 0.25) is 0 Å². The van der Waals surface area contributed by atoms with E-state index in [0.29, 0.717) is 0 Å². The molecule has 0 saturated heterocycles. The maximum absolute atomic E-state index is 4.34. The zero-order valence-electron chi connectivity index (χ0n) is 16.2. The summed E-state index contributed by atoms with van der Waals surface area (Å²) in [7, 11) is 0. The van der Waals surface area contributed by atoms with Crippen molar-refractivity contribution in [1.82, 2.24) is 9.97 Å². The first kappa shape index (κ1) is 17.9. The molecule has 0 N–H and O–H groups in total. The van der Waals surface area contributed by atoms with Gasteiger partial charge in [0.05, 0.1) is 29.8 Å². The first-order valence-corrected chi connectivity index (χ1v) is 9.49. The third-order valence-electron chi connectivity index (χ3n) is 4.98. The van der Waals surface area contributed by atoms with Crippen molar-refractivity contribution in [3.63, 3.8) is 0 Å². The lowest BCUT2D eigenvalue weighted by atomic mass is 9.92. The molecular formula is C25H23N3. The fourth-order valence-electron chi connectivity index (χ4n) is 3.64. The van der Waals surface area contributed by atoms with Crippen molar-refractivity contribution in [3.05, 3.63) is 109 Å². The molecule has 28 heavy (non-hydrogen) atoms. The maximum atomic E-state index is 4.34. The molecule has 3 nitrogen and oxygen atoms in total. The molecule has 1 atom stereocenters. The van der Waals surface area contributed by atoms with Crippen LogP contribution in [-0.4, -0.2) is 9.97 Å². The highest BCUT2D eigenvalue weighted by molar-refractivity contribution is 5.71. The van der Waals surface area contributed by atoms with Gasteiger partial charge in [0.2, 0.25) is 0 Å². The number of aromatic nitrogens is 2. The third-order valence-corrected chi connectivity index (χ3v) is 4.98.